The number of ketones is 1. The summed E-state index contributed by atoms with van der Waals surface area (Å²) in [5, 5.41) is 11.5. The molecule has 2 aromatic carbocycles. The van der Waals surface area contributed by atoms with Crippen LogP contribution in [-0.2, 0) is 16.0 Å². The molecule has 0 bridgehead atoms. The standard InChI is InChI=1S/C25H20N2O5S/c1-3-14-6-11-17-19(13-14)33-25(26-17)27-21(18-5-4-12-32-18)20(23(29)24(27)30)22(28)15-7-9-16(31-2)10-8-15/h4-13,21,28H,3H2,1-2H3/t21-/m0/s1. The number of aryl methyl sites for hydroxylation is 1. The first kappa shape index (κ1) is 21.0. The molecule has 4 aromatic rings. The van der Waals surface area contributed by atoms with Crippen LogP contribution >= 0.6 is 11.3 Å². The van der Waals surface area contributed by atoms with Crippen molar-refractivity contribution in [3.8, 4) is 5.75 Å². The highest BCUT2D eigenvalue weighted by atomic mass is 32.1. The molecule has 0 unspecified atom stereocenters. The number of furan rings is 1. The summed E-state index contributed by atoms with van der Waals surface area (Å²) in [6, 6.07) is 15.0. The van der Waals surface area contributed by atoms with Crippen molar-refractivity contribution in [2.75, 3.05) is 12.0 Å². The van der Waals surface area contributed by atoms with E-state index in [4.69, 9.17) is 9.15 Å². The zero-order valence-corrected chi connectivity index (χ0v) is 18.8. The number of benzene rings is 2. The molecular weight excluding hydrogens is 440 g/mol. The van der Waals surface area contributed by atoms with Gasteiger partial charge in [0.1, 0.15) is 23.3 Å². The lowest BCUT2D eigenvalue weighted by atomic mass is 9.99. The molecule has 2 aromatic heterocycles. The van der Waals surface area contributed by atoms with Crippen LogP contribution in [0.5, 0.6) is 5.75 Å². The number of amides is 1. The van der Waals surface area contributed by atoms with Gasteiger partial charge in [-0.05, 0) is 60.5 Å². The monoisotopic (exact) mass is 460 g/mol. The van der Waals surface area contributed by atoms with E-state index in [2.05, 4.69) is 11.9 Å². The lowest BCUT2D eigenvalue weighted by molar-refractivity contribution is -0.132. The lowest BCUT2D eigenvalue weighted by Gasteiger charge is -2.20. The summed E-state index contributed by atoms with van der Waals surface area (Å²) in [7, 11) is 1.54. The molecule has 1 fully saturated rings. The minimum Gasteiger partial charge on any atom is -0.507 e. The molecular formula is C25H20N2O5S. The van der Waals surface area contributed by atoms with Crippen molar-refractivity contribution in [2.24, 2.45) is 0 Å². The number of fused-ring (bicyclic) bond motifs is 1. The molecule has 1 saturated heterocycles. The quantitative estimate of drug-likeness (QED) is 0.253. The molecule has 0 spiro atoms. The van der Waals surface area contributed by atoms with Gasteiger partial charge in [-0.25, -0.2) is 4.98 Å². The third kappa shape index (κ3) is 3.48. The van der Waals surface area contributed by atoms with Crippen LogP contribution in [-0.4, -0.2) is 28.9 Å². The third-order valence-corrected chi connectivity index (χ3v) is 6.69. The van der Waals surface area contributed by atoms with Crippen molar-refractivity contribution >= 4 is 44.1 Å². The summed E-state index contributed by atoms with van der Waals surface area (Å²) in [6.45, 7) is 2.07. The predicted molar refractivity (Wildman–Crippen MR) is 125 cm³/mol. The smallest absolute Gasteiger partial charge is 0.302 e. The zero-order valence-electron chi connectivity index (χ0n) is 17.9. The number of carbonyl (C=O) groups excluding carboxylic acids is 2. The maximum Gasteiger partial charge on any atom is 0.302 e. The Morgan fingerprint density at radius 2 is 1.97 bits per heavy atom. The van der Waals surface area contributed by atoms with E-state index in [1.54, 1.807) is 43.5 Å². The number of rotatable bonds is 5. The summed E-state index contributed by atoms with van der Waals surface area (Å²) >= 11 is 1.32. The van der Waals surface area contributed by atoms with Gasteiger partial charge in [0.2, 0.25) is 0 Å². The lowest BCUT2D eigenvalue weighted by Crippen LogP contribution is -2.29. The molecule has 33 heavy (non-hydrogen) atoms. The van der Waals surface area contributed by atoms with Gasteiger partial charge in [0.05, 0.1) is 29.2 Å². The van der Waals surface area contributed by atoms with Crippen LogP contribution < -0.4 is 9.64 Å². The maximum absolute atomic E-state index is 13.2. The Balaban J connectivity index is 1.67. The molecule has 0 aliphatic carbocycles. The number of aliphatic hydroxyl groups excluding tert-OH is 1. The van der Waals surface area contributed by atoms with Gasteiger partial charge in [0.25, 0.3) is 5.78 Å². The van der Waals surface area contributed by atoms with E-state index < -0.39 is 17.7 Å². The molecule has 7 nitrogen and oxygen atoms in total. The summed E-state index contributed by atoms with van der Waals surface area (Å²) in [5.41, 5.74) is 2.24. The zero-order chi connectivity index (χ0) is 23.1. The average Bonchev–Trinajstić information content (AvgIpc) is 3.57. The van der Waals surface area contributed by atoms with Gasteiger partial charge in [-0.2, -0.15) is 0 Å². The number of carbonyl (C=O) groups is 2. The second-order valence-corrected chi connectivity index (χ2v) is 8.57. The molecule has 166 valence electrons. The highest BCUT2D eigenvalue weighted by Crippen LogP contribution is 2.44. The van der Waals surface area contributed by atoms with E-state index in [1.807, 2.05) is 18.2 Å². The second-order valence-electron chi connectivity index (χ2n) is 7.57. The fourth-order valence-corrected chi connectivity index (χ4v) is 4.99. The number of ether oxygens (including phenoxy) is 1. The Bertz CT molecular complexity index is 1390. The van der Waals surface area contributed by atoms with Gasteiger partial charge < -0.3 is 14.3 Å². The number of anilines is 1. The first-order valence-corrected chi connectivity index (χ1v) is 11.2. The largest absolute Gasteiger partial charge is 0.507 e. The molecule has 0 radical (unpaired) electrons. The minimum absolute atomic E-state index is 0.0476. The normalized spacial score (nSPS) is 17.8. The van der Waals surface area contributed by atoms with Gasteiger partial charge in [0, 0.05) is 5.56 Å². The third-order valence-electron chi connectivity index (χ3n) is 5.68. The van der Waals surface area contributed by atoms with Crippen molar-refractivity contribution in [1.82, 2.24) is 4.98 Å². The van der Waals surface area contributed by atoms with Crippen molar-refractivity contribution in [3.63, 3.8) is 0 Å². The topological polar surface area (TPSA) is 92.9 Å². The first-order valence-electron chi connectivity index (χ1n) is 10.4. The van der Waals surface area contributed by atoms with Gasteiger partial charge in [-0.1, -0.05) is 24.3 Å². The molecule has 5 rings (SSSR count). The maximum atomic E-state index is 13.2. The highest BCUT2D eigenvalue weighted by molar-refractivity contribution is 7.22. The van der Waals surface area contributed by atoms with E-state index >= 15 is 0 Å². The van der Waals surface area contributed by atoms with Crippen LogP contribution in [0.1, 0.15) is 29.9 Å². The Labute approximate surface area is 193 Å². The molecule has 8 heteroatoms. The van der Waals surface area contributed by atoms with Crippen LogP contribution in [0, 0.1) is 0 Å². The van der Waals surface area contributed by atoms with Crippen molar-refractivity contribution in [2.45, 2.75) is 19.4 Å². The molecule has 3 heterocycles. The number of methoxy groups -OCH3 is 1. The SMILES string of the molecule is CCc1ccc2nc(N3C(=O)C(=O)C(=C(O)c4ccc(OC)cc4)[C@@H]3c3ccco3)sc2c1. The Morgan fingerprint density at radius 1 is 1.18 bits per heavy atom. The number of thiazole rings is 1. The first-order chi connectivity index (χ1) is 16.0. The van der Waals surface area contributed by atoms with Crippen molar-refractivity contribution < 1.29 is 23.8 Å². The number of aromatic nitrogens is 1. The Kier molecular flexibility index (Phi) is 5.22. The van der Waals surface area contributed by atoms with Crippen LogP contribution in [0.15, 0.2) is 70.9 Å². The number of hydrogen-bond acceptors (Lipinski definition) is 7. The fraction of sp³-hybridized carbons (Fsp3) is 0.160. The van der Waals surface area contributed by atoms with E-state index in [-0.39, 0.29) is 11.3 Å². The molecule has 1 aliphatic heterocycles. The molecule has 1 atom stereocenters. The molecule has 1 amide bonds. The molecule has 1 aliphatic rings. The number of aliphatic hydroxyl groups is 1. The van der Waals surface area contributed by atoms with Crippen LogP contribution in [0.3, 0.4) is 0 Å². The minimum atomic E-state index is -0.937. The van der Waals surface area contributed by atoms with Gasteiger partial charge in [0.15, 0.2) is 5.13 Å². The van der Waals surface area contributed by atoms with E-state index in [0.29, 0.717) is 22.2 Å². The second kappa shape index (κ2) is 8.22. The van der Waals surface area contributed by atoms with E-state index in [1.165, 1.54) is 22.5 Å². The summed E-state index contributed by atoms with van der Waals surface area (Å²) < 4.78 is 11.7. The van der Waals surface area contributed by atoms with E-state index in [0.717, 1.165) is 22.2 Å². The van der Waals surface area contributed by atoms with Crippen molar-refractivity contribution in [1.29, 1.82) is 0 Å². The number of hydrogen-bond donors (Lipinski definition) is 1. The highest BCUT2D eigenvalue weighted by Gasteiger charge is 2.49. The molecule has 1 N–H and O–H groups in total. The summed E-state index contributed by atoms with van der Waals surface area (Å²) in [5.74, 6) is -0.873. The number of nitrogens with zero attached hydrogens (tertiary/aromatic N) is 2. The van der Waals surface area contributed by atoms with Crippen LogP contribution in [0.2, 0.25) is 0 Å². The number of Topliss-reactive ketones (excluding diaryl/α,β-unsaturated/α-hetero) is 1. The Hall–Kier alpha value is -3.91. The van der Waals surface area contributed by atoms with Gasteiger partial charge in [-0.15, -0.1) is 0 Å². The summed E-state index contributed by atoms with van der Waals surface area (Å²) in [6.07, 6.45) is 2.34. The Morgan fingerprint density at radius 3 is 2.64 bits per heavy atom. The summed E-state index contributed by atoms with van der Waals surface area (Å²) in [4.78, 5) is 32.3. The van der Waals surface area contributed by atoms with Crippen LogP contribution in [0.4, 0.5) is 5.13 Å². The van der Waals surface area contributed by atoms with E-state index in [9.17, 15) is 14.7 Å². The van der Waals surface area contributed by atoms with Gasteiger partial charge in [-0.3, -0.25) is 14.5 Å². The molecule has 0 saturated carbocycles. The average molecular weight is 461 g/mol. The predicted octanol–water partition coefficient (Wildman–Crippen LogP) is 5.09. The van der Waals surface area contributed by atoms with Gasteiger partial charge >= 0.3 is 5.91 Å². The van der Waals surface area contributed by atoms with Crippen molar-refractivity contribution in [3.05, 3.63) is 83.3 Å². The fourth-order valence-electron chi connectivity index (χ4n) is 3.93. The van der Waals surface area contributed by atoms with Crippen LogP contribution in [0.25, 0.3) is 16.0 Å².